The number of H-pyrrole nitrogens is 1. The molecule has 2 aromatic heterocycles. The predicted molar refractivity (Wildman–Crippen MR) is 68.4 cm³/mol. The van der Waals surface area contributed by atoms with Crippen molar-refractivity contribution in [2.24, 2.45) is 0 Å². The highest BCUT2D eigenvalue weighted by atomic mass is 19.1. The number of benzene rings is 1. The predicted octanol–water partition coefficient (Wildman–Crippen LogP) is 2.65. The number of imidazole rings is 1. The second kappa shape index (κ2) is 3.80. The highest BCUT2D eigenvalue weighted by Crippen LogP contribution is 2.25. The minimum Gasteiger partial charge on any atom is -0.398 e. The number of anilines is 1. The van der Waals surface area contributed by atoms with E-state index in [1.165, 1.54) is 12.1 Å². The molecular formula is C13H11FN4. The van der Waals surface area contributed by atoms with Crippen LogP contribution < -0.4 is 5.73 Å². The third-order valence-electron chi connectivity index (χ3n) is 2.75. The van der Waals surface area contributed by atoms with E-state index in [4.69, 9.17) is 5.73 Å². The smallest absolute Gasteiger partial charge is 0.178 e. The van der Waals surface area contributed by atoms with E-state index in [0.29, 0.717) is 22.7 Å². The highest BCUT2D eigenvalue weighted by molar-refractivity contribution is 5.80. The summed E-state index contributed by atoms with van der Waals surface area (Å²) in [6.45, 7) is 1.90. The van der Waals surface area contributed by atoms with Crippen molar-refractivity contribution in [3.63, 3.8) is 0 Å². The Morgan fingerprint density at radius 3 is 2.78 bits per heavy atom. The fraction of sp³-hybridized carbons (Fsp3) is 0.0769. The molecule has 0 saturated heterocycles. The van der Waals surface area contributed by atoms with Crippen molar-refractivity contribution in [3.8, 4) is 11.4 Å². The van der Waals surface area contributed by atoms with E-state index in [0.717, 1.165) is 11.2 Å². The molecule has 90 valence electrons. The molecule has 0 radical (unpaired) electrons. The molecule has 0 aliphatic rings. The maximum atomic E-state index is 13.0. The second-order valence-electron chi connectivity index (χ2n) is 4.14. The van der Waals surface area contributed by atoms with Crippen LogP contribution in [0, 0.1) is 12.7 Å². The first kappa shape index (κ1) is 10.7. The summed E-state index contributed by atoms with van der Waals surface area (Å²) >= 11 is 0. The zero-order valence-corrected chi connectivity index (χ0v) is 9.74. The van der Waals surface area contributed by atoms with Crippen molar-refractivity contribution < 1.29 is 4.39 Å². The summed E-state index contributed by atoms with van der Waals surface area (Å²) in [6.07, 6.45) is 0. The molecule has 3 N–H and O–H groups in total. The third-order valence-corrected chi connectivity index (χ3v) is 2.75. The normalized spacial score (nSPS) is 11.0. The first-order valence-electron chi connectivity index (χ1n) is 5.52. The lowest BCUT2D eigenvalue weighted by Crippen LogP contribution is -1.92. The number of nitrogens with one attached hydrogen (secondary N) is 1. The maximum absolute atomic E-state index is 13.0. The Bertz CT molecular complexity index is 733. The molecule has 2 heterocycles. The summed E-state index contributed by atoms with van der Waals surface area (Å²) in [5, 5.41) is 0. The molecule has 0 spiro atoms. The fourth-order valence-electron chi connectivity index (χ4n) is 1.86. The zero-order valence-electron chi connectivity index (χ0n) is 9.74. The number of aromatic amines is 1. The number of aromatic nitrogens is 3. The van der Waals surface area contributed by atoms with Crippen LogP contribution in [0.15, 0.2) is 30.3 Å². The minimum atomic E-state index is -0.360. The third kappa shape index (κ3) is 1.69. The number of aryl methyl sites for hydroxylation is 1. The van der Waals surface area contributed by atoms with E-state index in [9.17, 15) is 4.39 Å². The standard InChI is InChI=1S/C13H11FN4/c1-7-2-5-11-13(16-7)18-12(17-11)9-4-3-8(14)6-10(9)15/h2-6H,15H2,1H3,(H,16,17,18). The van der Waals surface area contributed by atoms with Gasteiger partial charge in [0.25, 0.3) is 0 Å². The number of fused-ring (bicyclic) bond motifs is 1. The van der Waals surface area contributed by atoms with Gasteiger partial charge in [0.15, 0.2) is 5.65 Å². The van der Waals surface area contributed by atoms with Gasteiger partial charge in [-0.25, -0.2) is 14.4 Å². The van der Waals surface area contributed by atoms with Gasteiger partial charge >= 0.3 is 0 Å². The second-order valence-corrected chi connectivity index (χ2v) is 4.14. The molecule has 0 fully saturated rings. The van der Waals surface area contributed by atoms with E-state index < -0.39 is 0 Å². The molecule has 0 unspecified atom stereocenters. The van der Waals surface area contributed by atoms with Crippen LogP contribution in [0.5, 0.6) is 0 Å². The number of hydrogen-bond acceptors (Lipinski definition) is 3. The molecule has 0 amide bonds. The highest BCUT2D eigenvalue weighted by Gasteiger charge is 2.09. The molecule has 18 heavy (non-hydrogen) atoms. The van der Waals surface area contributed by atoms with Crippen LogP contribution in [-0.2, 0) is 0 Å². The van der Waals surface area contributed by atoms with Crippen LogP contribution >= 0.6 is 0 Å². The van der Waals surface area contributed by atoms with Gasteiger partial charge < -0.3 is 10.7 Å². The van der Waals surface area contributed by atoms with Crippen LogP contribution in [0.2, 0.25) is 0 Å². The van der Waals surface area contributed by atoms with Crippen LogP contribution in [0.4, 0.5) is 10.1 Å². The summed E-state index contributed by atoms with van der Waals surface area (Å²) in [7, 11) is 0. The first-order chi connectivity index (χ1) is 8.63. The molecule has 0 aliphatic heterocycles. The van der Waals surface area contributed by atoms with E-state index in [2.05, 4.69) is 15.0 Å². The number of rotatable bonds is 1. The van der Waals surface area contributed by atoms with E-state index in [1.54, 1.807) is 6.07 Å². The number of halogens is 1. The number of nitrogens with zero attached hydrogens (tertiary/aromatic N) is 2. The summed E-state index contributed by atoms with van der Waals surface area (Å²) in [4.78, 5) is 11.8. The van der Waals surface area contributed by atoms with Gasteiger partial charge in [-0.2, -0.15) is 0 Å². The lowest BCUT2D eigenvalue weighted by molar-refractivity contribution is 0.628. The monoisotopic (exact) mass is 242 g/mol. The summed E-state index contributed by atoms with van der Waals surface area (Å²) in [6, 6.07) is 8.06. The largest absolute Gasteiger partial charge is 0.398 e. The molecule has 4 nitrogen and oxygen atoms in total. The Morgan fingerprint density at radius 2 is 2.00 bits per heavy atom. The molecule has 3 aromatic rings. The van der Waals surface area contributed by atoms with Crippen LogP contribution in [0.3, 0.4) is 0 Å². The van der Waals surface area contributed by atoms with Crippen molar-refractivity contribution in [3.05, 3.63) is 41.8 Å². The molecule has 0 saturated carbocycles. The van der Waals surface area contributed by atoms with E-state index >= 15 is 0 Å². The van der Waals surface area contributed by atoms with Gasteiger partial charge in [0.05, 0.1) is 5.52 Å². The van der Waals surface area contributed by atoms with E-state index in [-0.39, 0.29) is 5.82 Å². The summed E-state index contributed by atoms with van der Waals surface area (Å²) in [5.74, 6) is 0.238. The average Bonchev–Trinajstić information content (AvgIpc) is 2.71. The number of nitrogen functional groups attached to an aromatic ring is 1. The van der Waals surface area contributed by atoms with Crippen molar-refractivity contribution in [1.29, 1.82) is 0 Å². The quantitative estimate of drug-likeness (QED) is 0.644. The van der Waals surface area contributed by atoms with Crippen molar-refractivity contribution in [2.75, 3.05) is 5.73 Å². The van der Waals surface area contributed by atoms with Gasteiger partial charge in [-0.1, -0.05) is 0 Å². The van der Waals surface area contributed by atoms with Crippen LogP contribution in [0.1, 0.15) is 5.69 Å². The number of pyridine rings is 1. The van der Waals surface area contributed by atoms with Crippen molar-refractivity contribution in [2.45, 2.75) is 6.92 Å². The van der Waals surface area contributed by atoms with Crippen molar-refractivity contribution in [1.82, 2.24) is 15.0 Å². The van der Waals surface area contributed by atoms with Gasteiger partial charge in [-0.15, -0.1) is 0 Å². The molecule has 0 bridgehead atoms. The van der Waals surface area contributed by atoms with Crippen molar-refractivity contribution >= 4 is 16.9 Å². The van der Waals surface area contributed by atoms with Gasteiger partial charge in [-0.05, 0) is 37.3 Å². The Balaban J connectivity index is 2.19. The Labute approximate surface area is 103 Å². The lowest BCUT2D eigenvalue weighted by Gasteiger charge is -2.01. The van der Waals surface area contributed by atoms with Gasteiger partial charge in [0, 0.05) is 16.9 Å². The molecule has 1 aromatic carbocycles. The molecule has 0 aliphatic carbocycles. The zero-order chi connectivity index (χ0) is 12.7. The van der Waals surface area contributed by atoms with Crippen LogP contribution in [0.25, 0.3) is 22.6 Å². The average molecular weight is 242 g/mol. The van der Waals surface area contributed by atoms with Crippen LogP contribution in [-0.4, -0.2) is 15.0 Å². The number of nitrogens with two attached hydrogens (primary N) is 1. The Morgan fingerprint density at radius 1 is 1.17 bits per heavy atom. The summed E-state index contributed by atoms with van der Waals surface area (Å²) < 4.78 is 13.0. The van der Waals surface area contributed by atoms with Gasteiger partial charge in [-0.3, -0.25) is 0 Å². The minimum absolute atomic E-state index is 0.353. The Hall–Kier alpha value is -2.43. The molecular weight excluding hydrogens is 231 g/mol. The fourth-order valence-corrected chi connectivity index (χ4v) is 1.86. The SMILES string of the molecule is Cc1ccc2[nH]c(-c3ccc(F)cc3N)nc2n1. The number of hydrogen-bond donors (Lipinski definition) is 2. The van der Waals surface area contributed by atoms with E-state index in [1.807, 2.05) is 19.1 Å². The Kier molecular flexibility index (Phi) is 2.26. The topological polar surface area (TPSA) is 67.6 Å². The summed E-state index contributed by atoms with van der Waals surface area (Å²) in [5.41, 5.74) is 9.17. The molecule has 3 rings (SSSR count). The van der Waals surface area contributed by atoms with Gasteiger partial charge in [0.1, 0.15) is 11.6 Å². The maximum Gasteiger partial charge on any atom is 0.178 e. The molecule has 5 heteroatoms. The lowest BCUT2D eigenvalue weighted by atomic mass is 10.1. The first-order valence-corrected chi connectivity index (χ1v) is 5.52. The molecule has 0 atom stereocenters. The van der Waals surface area contributed by atoms with Gasteiger partial charge in [0.2, 0.25) is 0 Å².